The van der Waals surface area contributed by atoms with Crippen LogP contribution >= 0.6 is 15.9 Å². The van der Waals surface area contributed by atoms with Crippen LogP contribution in [0.3, 0.4) is 0 Å². The number of carbonyl (C=O) groups is 1. The average Bonchev–Trinajstić information content (AvgIpc) is 2.73. The van der Waals surface area contributed by atoms with E-state index in [1.54, 1.807) is 31.3 Å². The first-order valence-corrected chi connectivity index (χ1v) is 10.0. The van der Waals surface area contributed by atoms with Gasteiger partial charge in [0.1, 0.15) is 5.75 Å². The zero-order valence-electron chi connectivity index (χ0n) is 17.1. The summed E-state index contributed by atoms with van der Waals surface area (Å²) in [5.41, 5.74) is 2.88. The molecule has 2 N–H and O–H groups in total. The molecule has 0 unspecified atom stereocenters. The highest BCUT2D eigenvalue weighted by Crippen LogP contribution is 2.34. The van der Waals surface area contributed by atoms with E-state index in [-0.39, 0.29) is 6.03 Å². The molecule has 154 valence electrons. The Labute approximate surface area is 184 Å². The molecule has 3 aromatic rings. The number of halogens is 1. The molecule has 7 heteroatoms. The molecule has 0 aliphatic heterocycles. The maximum Gasteiger partial charge on any atom is 0.323 e. The second-order valence-corrected chi connectivity index (χ2v) is 7.79. The quantitative estimate of drug-likeness (QED) is 0.339. The third-order valence-corrected chi connectivity index (χ3v) is 4.96. The predicted molar refractivity (Wildman–Crippen MR) is 128 cm³/mol. The molecule has 0 atom stereocenters. The molecule has 0 heterocycles. The van der Waals surface area contributed by atoms with Crippen molar-refractivity contribution in [1.82, 2.24) is 5.01 Å². The number of nitrogens with one attached hydrogen (secondary N) is 2. The first-order chi connectivity index (χ1) is 14.4. The monoisotopic (exact) mass is 466 g/mol. The fourth-order valence-electron chi connectivity index (χ4n) is 3.18. The molecule has 0 aliphatic rings. The van der Waals surface area contributed by atoms with Gasteiger partial charge in [-0.15, -0.1) is 0 Å². The Kier molecular flexibility index (Phi) is 6.74. The molecule has 3 aromatic carbocycles. The number of methoxy groups -OCH3 is 1. The lowest BCUT2D eigenvalue weighted by Gasteiger charge is -2.21. The summed E-state index contributed by atoms with van der Waals surface area (Å²) in [6, 6.07) is 18.9. The summed E-state index contributed by atoms with van der Waals surface area (Å²) in [7, 11) is 3.39. The summed E-state index contributed by atoms with van der Waals surface area (Å²) in [5.74, 6) is 0.653. The molecule has 2 amide bonds. The van der Waals surface area contributed by atoms with Gasteiger partial charge in [-0.1, -0.05) is 46.3 Å². The van der Waals surface area contributed by atoms with E-state index in [2.05, 4.69) is 38.4 Å². The van der Waals surface area contributed by atoms with Gasteiger partial charge in [0.25, 0.3) is 0 Å². The van der Waals surface area contributed by atoms with Crippen molar-refractivity contribution in [3.63, 3.8) is 0 Å². The molecule has 0 radical (unpaired) electrons. The van der Waals surface area contributed by atoms with Crippen LogP contribution in [0.2, 0.25) is 0 Å². The number of anilines is 2. The van der Waals surface area contributed by atoms with Gasteiger partial charge < -0.3 is 15.4 Å². The van der Waals surface area contributed by atoms with E-state index in [0.29, 0.717) is 17.1 Å². The van der Waals surface area contributed by atoms with Gasteiger partial charge in [0.15, 0.2) is 0 Å². The Balaban J connectivity index is 1.84. The van der Waals surface area contributed by atoms with Gasteiger partial charge in [-0.2, -0.15) is 5.10 Å². The van der Waals surface area contributed by atoms with Crippen molar-refractivity contribution in [3.8, 4) is 5.75 Å². The number of hydrogen-bond acceptors (Lipinski definition) is 4. The highest BCUT2D eigenvalue weighted by Gasteiger charge is 2.16. The minimum atomic E-state index is -0.335. The van der Waals surface area contributed by atoms with E-state index in [0.717, 1.165) is 26.5 Å². The number of amides is 2. The molecule has 0 spiro atoms. The van der Waals surface area contributed by atoms with Crippen LogP contribution in [0.1, 0.15) is 12.5 Å². The highest BCUT2D eigenvalue weighted by atomic mass is 79.9. The number of fused-ring (bicyclic) bond motifs is 1. The molecular formula is C23H23BrN4O2. The lowest BCUT2D eigenvalue weighted by atomic mass is 10.1. The summed E-state index contributed by atoms with van der Waals surface area (Å²) in [6.07, 6.45) is 0. The van der Waals surface area contributed by atoms with Crippen molar-refractivity contribution in [2.45, 2.75) is 6.92 Å². The van der Waals surface area contributed by atoms with E-state index in [1.807, 2.05) is 55.5 Å². The van der Waals surface area contributed by atoms with Crippen molar-refractivity contribution in [2.24, 2.45) is 5.10 Å². The molecule has 30 heavy (non-hydrogen) atoms. The van der Waals surface area contributed by atoms with Crippen LogP contribution in [0.4, 0.5) is 16.2 Å². The zero-order chi connectivity index (χ0) is 21.7. The van der Waals surface area contributed by atoms with Crippen LogP contribution in [-0.4, -0.2) is 31.9 Å². The number of benzene rings is 3. The third kappa shape index (κ3) is 4.80. The summed E-state index contributed by atoms with van der Waals surface area (Å²) in [6.45, 7) is 5.49. The minimum absolute atomic E-state index is 0.335. The Bertz CT molecular complexity index is 1120. The van der Waals surface area contributed by atoms with Crippen LogP contribution in [0.15, 0.2) is 70.2 Å². The van der Waals surface area contributed by atoms with Gasteiger partial charge in [-0.25, -0.2) is 4.79 Å². The Hall–Kier alpha value is -3.32. The van der Waals surface area contributed by atoms with Crippen LogP contribution in [-0.2, 0) is 0 Å². The summed E-state index contributed by atoms with van der Waals surface area (Å²) in [4.78, 5) is 12.6. The van der Waals surface area contributed by atoms with Gasteiger partial charge in [0.2, 0.25) is 0 Å². The van der Waals surface area contributed by atoms with Gasteiger partial charge in [-0.05, 0) is 48.0 Å². The fourth-order valence-corrected chi connectivity index (χ4v) is 3.66. The lowest BCUT2D eigenvalue weighted by molar-refractivity contribution is 0.262. The third-order valence-electron chi connectivity index (χ3n) is 4.58. The standard InChI is InChI=1S/C23H23BrN4O2/c1-15(24)22(28(3)25-2)20-14-19(11-12-21(20)30-4)27-23(29)26-18-10-9-16-7-5-6-8-17(16)13-18/h5-14H,2H2,1,3-4H3,(H2,26,27,29)/b22-15+. The molecular weight excluding hydrogens is 444 g/mol. The number of hydrogen-bond donors (Lipinski definition) is 2. The van der Waals surface area contributed by atoms with E-state index in [4.69, 9.17) is 4.74 Å². The molecule has 6 nitrogen and oxygen atoms in total. The molecule has 3 rings (SSSR count). The maximum atomic E-state index is 12.6. The first kappa shape index (κ1) is 21.4. The smallest absolute Gasteiger partial charge is 0.323 e. The van der Waals surface area contributed by atoms with Gasteiger partial charge in [0, 0.05) is 35.2 Å². The van der Waals surface area contributed by atoms with Crippen LogP contribution < -0.4 is 15.4 Å². The molecule has 0 fully saturated rings. The van der Waals surface area contributed by atoms with E-state index in [9.17, 15) is 4.79 Å². The fraction of sp³-hybridized carbons (Fsp3) is 0.130. The number of allylic oxidation sites excluding steroid dienone is 1. The van der Waals surface area contributed by atoms with Gasteiger partial charge in [0.05, 0.1) is 12.8 Å². The Morgan fingerprint density at radius 2 is 1.67 bits per heavy atom. The lowest BCUT2D eigenvalue weighted by Crippen LogP contribution is -2.19. The molecule has 0 aliphatic carbocycles. The minimum Gasteiger partial charge on any atom is -0.496 e. The van der Waals surface area contributed by atoms with E-state index in [1.165, 1.54) is 0 Å². The number of hydrazone groups is 1. The molecule has 0 saturated heterocycles. The van der Waals surface area contributed by atoms with Crippen LogP contribution in [0, 0.1) is 0 Å². The van der Waals surface area contributed by atoms with E-state index < -0.39 is 0 Å². The summed E-state index contributed by atoms with van der Waals surface area (Å²) >= 11 is 3.52. The number of rotatable bonds is 6. The molecule has 0 aromatic heterocycles. The average molecular weight is 467 g/mol. The van der Waals surface area contributed by atoms with Gasteiger partial charge >= 0.3 is 6.03 Å². The number of carbonyl (C=O) groups excluding carboxylic acids is 1. The van der Waals surface area contributed by atoms with Crippen LogP contribution in [0.5, 0.6) is 5.75 Å². The number of nitrogens with zero attached hydrogens (tertiary/aromatic N) is 2. The SMILES string of the molecule is C=NN(C)/C(=C(\C)Br)c1cc(NC(=O)Nc2ccc3ccccc3c2)ccc1OC. The number of urea groups is 1. The van der Waals surface area contributed by atoms with Crippen molar-refractivity contribution in [2.75, 3.05) is 24.8 Å². The largest absolute Gasteiger partial charge is 0.496 e. The maximum absolute atomic E-state index is 12.6. The normalized spacial score (nSPS) is 11.5. The van der Waals surface area contributed by atoms with E-state index >= 15 is 0 Å². The summed E-state index contributed by atoms with van der Waals surface area (Å²) in [5, 5.41) is 13.5. The first-order valence-electron chi connectivity index (χ1n) is 9.25. The van der Waals surface area contributed by atoms with Crippen molar-refractivity contribution < 1.29 is 9.53 Å². The van der Waals surface area contributed by atoms with Crippen molar-refractivity contribution >= 4 is 56.5 Å². The topological polar surface area (TPSA) is 66.0 Å². The second kappa shape index (κ2) is 9.45. The highest BCUT2D eigenvalue weighted by molar-refractivity contribution is 9.11. The van der Waals surface area contributed by atoms with Crippen molar-refractivity contribution in [1.29, 1.82) is 0 Å². The second-order valence-electron chi connectivity index (χ2n) is 6.60. The molecule has 0 bridgehead atoms. The summed E-state index contributed by atoms with van der Waals surface area (Å²) < 4.78 is 6.35. The predicted octanol–water partition coefficient (Wildman–Crippen LogP) is 6.12. The Morgan fingerprint density at radius 1 is 1.03 bits per heavy atom. The number of ether oxygens (including phenoxy) is 1. The Morgan fingerprint density at radius 3 is 2.30 bits per heavy atom. The zero-order valence-corrected chi connectivity index (χ0v) is 18.7. The van der Waals surface area contributed by atoms with Crippen LogP contribution in [0.25, 0.3) is 16.5 Å². The van der Waals surface area contributed by atoms with Gasteiger partial charge in [-0.3, -0.25) is 5.01 Å². The molecule has 0 saturated carbocycles. The van der Waals surface area contributed by atoms with Crippen molar-refractivity contribution in [3.05, 3.63) is 70.7 Å².